The summed E-state index contributed by atoms with van der Waals surface area (Å²) in [5.41, 5.74) is 3.06. The van der Waals surface area contributed by atoms with E-state index in [9.17, 15) is 14.0 Å². The van der Waals surface area contributed by atoms with Gasteiger partial charge >= 0.3 is 11.8 Å². The van der Waals surface area contributed by atoms with Crippen molar-refractivity contribution in [3.05, 3.63) is 71.0 Å². The van der Waals surface area contributed by atoms with Crippen LogP contribution in [0.15, 0.2) is 64.7 Å². The lowest BCUT2D eigenvalue weighted by atomic mass is 10.2. The van der Waals surface area contributed by atoms with Crippen molar-refractivity contribution in [3.8, 4) is 5.75 Å². The first-order chi connectivity index (χ1) is 12.5. The van der Waals surface area contributed by atoms with Crippen LogP contribution >= 0.6 is 15.9 Å². The van der Waals surface area contributed by atoms with Crippen LogP contribution in [0.25, 0.3) is 0 Å². The molecule has 0 heterocycles. The van der Waals surface area contributed by atoms with Crippen LogP contribution in [0.2, 0.25) is 0 Å². The minimum Gasteiger partial charge on any atom is -0.490 e. The van der Waals surface area contributed by atoms with Gasteiger partial charge in [-0.3, -0.25) is 9.59 Å². The predicted molar refractivity (Wildman–Crippen MR) is 101 cm³/mol. The SMILES string of the molecule is C=CCOc1ccc(Br)c(/C=N\NC(=O)C(=O)Nc2ccc(F)cc2)c1. The summed E-state index contributed by atoms with van der Waals surface area (Å²) in [6.07, 6.45) is 2.99. The molecule has 2 N–H and O–H groups in total. The number of rotatable bonds is 6. The summed E-state index contributed by atoms with van der Waals surface area (Å²) in [6, 6.07) is 10.3. The maximum atomic E-state index is 12.8. The molecule has 0 bridgehead atoms. The zero-order chi connectivity index (χ0) is 18.9. The summed E-state index contributed by atoms with van der Waals surface area (Å²) in [5.74, 6) is -1.71. The lowest BCUT2D eigenvalue weighted by Gasteiger charge is -2.06. The molecule has 0 saturated heterocycles. The standard InChI is InChI=1S/C18H15BrFN3O3/c1-2-9-26-15-7-8-16(19)12(10-15)11-21-23-18(25)17(24)22-14-5-3-13(20)4-6-14/h2-8,10-11H,1,9H2,(H,22,24)(H,23,25)/b21-11-. The molecule has 2 aromatic rings. The molecule has 2 aromatic carbocycles. The Labute approximate surface area is 157 Å². The monoisotopic (exact) mass is 419 g/mol. The van der Waals surface area contributed by atoms with E-state index in [4.69, 9.17) is 4.74 Å². The first kappa shape index (κ1) is 19.3. The van der Waals surface area contributed by atoms with E-state index in [1.165, 1.54) is 30.5 Å². The Balaban J connectivity index is 1.94. The van der Waals surface area contributed by atoms with Crippen LogP contribution in [0.3, 0.4) is 0 Å². The van der Waals surface area contributed by atoms with E-state index in [1.807, 2.05) is 0 Å². The molecule has 2 amide bonds. The molecule has 134 valence electrons. The van der Waals surface area contributed by atoms with Gasteiger partial charge in [0, 0.05) is 15.7 Å². The Morgan fingerprint density at radius 3 is 2.62 bits per heavy atom. The van der Waals surface area contributed by atoms with Gasteiger partial charge in [-0.15, -0.1) is 0 Å². The molecule has 0 spiro atoms. The van der Waals surface area contributed by atoms with Crippen LogP contribution in [0.5, 0.6) is 5.75 Å². The Kier molecular flexibility index (Phi) is 7.04. The van der Waals surface area contributed by atoms with Crippen LogP contribution in [0, 0.1) is 5.82 Å². The lowest BCUT2D eigenvalue weighted by Crippen LogP contribution is -2.32. The maximum absolute atomic E-state index is 12.8. The normalized spacial score (nSPS) is 10.4. The Bertz CT molecular complexity index is 838. The fourth-order valence-electron chi connectivity index (χ4n) is 1.80. The summed E-state index contributed by atoms with van der Waals surface area (Å²) in [5, 5.41) is 6.08. The molecule has 0 aliphatic rings. The molecule has 0 aromatic heterocycles. The van der Waals surface area contributed by atoms with Crippen LogP contribution in [0.4, 0.5) is 10.1 Å². The molecule has 0 saturated carbocycles. The molecule has 8 heteroatoms. The van der Waals surface area contributed by atoms with Crippen LogP contribution in [0.1, 0.15) is 5.56 Å². The van der Waals surface area contributed by atoms with Gasteiger partial charge in [0.25, 0.3) is 0 Å². The van der Waals surface area contributed by atoms with Gasteiger partial charge in [-0.2, -0.15) is 5.10 Å². The van der Waals surface area contributed by atoms with Crippen molar-refractivity contribution in [2.75, 3.05) is 11.9 Å². The second kappa shape index (κ2) is 9.47. The highest BCUT2D eigenvalue weighted by molar-refractivity contribution is 9.10. The molecule has 0 unspecified atom stereocenters. The summed E-state index contributed by atoms with van der Waals surface area (Å²) in [6.45, 7) is 3.93. The maximum Gasteiger partial charge on any atom is 0.329 e. The van der Waals surface area contributed by atoms with Crippen molar-refractivity contribution in [3.63, 3.8) is 0 Å². The van der Waals surface area contributed by atoms with Gasteiger partial charge in [-0.1, -0.05) is 28.6 Å². The fraction of sp³-hybridized carbons (Fsp3) is 0.0556. The highest BCUT2D eigenvalue weighted by Gasteiger charge is 2.12. The van der Waals surface area contributed by atoms with Gasteiger partial charge in [0.1, 0.15) is 18.2 Å². The van der Waals surface area contributed by atoms with E-state index < -0.39 is 17.6 Å². The van der Waals surface area contributed by atoms with Crippen molar-refractivity contribution in [1.29, 1.82) is 0 Å². The highest BCUT2D eigenvalue weighted by atomic mass is 79.9. The van der Waals surface area contributed by atoms with Crippen LogP contribution in [-0.4, -0.2) is 24.6 Å². The smallest absolute Gasteiger partial charge is 0.329 e. The average molecular weight is 420 g/mol. The summed E-state index contributed by atoms with van der Waals surface area (Å²) in [4.78, 5) is 23.5. The zero-order valence-corrected chi connectivity index (χ0v) is 15.1. The average Bonchev–Trinajstić information content (AvgIpc) is 2.63. The molecule has 2 rings (SSSR count). The molecule has 6 nitrogen and oxygen atoms in total. The molecule has 26 heavy (non-hydrogen) atoms. The second-order valence-corrected chi connectivity index (χ2v) is 5.80. The number of nitrogens with zero attached hydrogens (tertiary/aromatic N) is 1. The number of nitrogens with one attached hydrogen (secondary N) is 2. The van der Waals surface area contributed by atoms with Crippen LogP contribution in [-0.2, 0) is 9.59 Å². The second-order valence-electron chi connectivity index (χ2n) is 4.94. The van der Waals surface area contributed by atoms with E-state index in [0.717, 1.165) is 4.47 Å². The van der Waals surface area contributed by atoms with E-state index in [1.54, 1.807) is 24.3 Å². The topological polar surface area (TPSA) is 79.8 Å². The molecule has 0 aliphatic carbocycles. The number of anilines is 1. The largest absolute Gasteiger partial charge is 0.490 e. The van der Waals surface area contributed by atoms with Gasteiger partial charge in [0.2, 0.25) is 0 Å². The number of halogens is 2. The Hall–Kier alpha value is -3.00. The fourth-order valence-corrected chi connectivity index (χ4v) is 2.15. The van der Waals surface area contributed by atoms with Gasteiger partial charge in [-0.05, 0) is 42.5 Å². The minimum absolute atomic E-state index is 0.297. The van der Waals surface area contributed by atoms with Gasteiger partial charge < -0.3 is 10.1 Å². The van der Waals surface area contributed by atoms with Gasteiger partial charge in [0.05, 0.1) is 6.21 Å². The molecule has 0 fully saturated rings. The molecular weight excluding hydrogens is 405 g/mol. The van der Waals surface area contributed by atoms with E-state index in [2.05, 4.69) is 38.4 Å². The third-order valence-corrected chi connectivity index (χ3v) is 3.74. The first-order valence-electron chi connectivity index (χ1n) is 7.43. The third kappa shape index (κ3) is 5.82. The van der Waals surface area contributed by atoms with Gasteiger partial charge in [-0.25, -0.2) is 9.82 Å². The highest BCUT2D eigenvalue weighted by Crippen LogP contribution is 2.21. The molecule has 0 atom stereocenters. The quantitative estimate of drug-likeness (QED) is 0.326. The number of benzene rings is 2. The number of carbonyl (C=O) groups excluding carboxylic acids is 2. The van der Waals surface area contributed by atoms with Crippen molar-refractivity contribution >= 4 is 39.6 Å². The van der Waals surface area contributed by atoms with Crippen molar-refractivity contribution in [2.24, 2.45) is 5.10 Å². The Morgan fingerprint density at radius 2 is 1.92 bits per heavy atom. The van der Waals surface area contributed by atoms with Crippen molar-refractivity contribution in [2.45, 2.75) is 0 Å². The van der Waals surface area contributed by atoms with Gasteiger partial charge in [0.15, 0.2) is 0 Å². The predicted octanol–water partition coefficient (Wildman–Crippen LogP) is 3.24. The first-order valence-corrected chi connectivity index (χ1v) is 8.22. The number of amides is 2. The molecule has 0 radical (unpaired) electrons. The van der Waals surface area contributed by atoms with E-state index in [-0.39, 0.29) is 0 Å². The Morgan fingerprint density at radius 1 is 1.19 bits per heavy atom. The number of ether oxygens (including phenoxy) is 1. The number of carbonyl (C=O) groups is 2. The van der Waals surface area contributed by atoms with Crippen molar-refractivity contribution < 1.29 is 18.7 Å². The number of hydrogen-bond acceptors (Lipinski definition) is 4. The lowest BCUT2D eigenvalue weighted by molar-refractivity contribution is -0.136. The summed E-state index contributed by atoms with van der Waals surface area (Å²) in [7, 11) is 0. The molecule has 0 aliphatic heterocycles. The van der Waals surface area contributed by atoms with Crippen molar-refractivity contribution in [1.82, 2.24) is 5.43 Å². The third-order valence-electron chi connectivity index (χ3n) is 3.01. The van der Waals surface area contributed by atoms with Crippen LogP contribution < -0.4 is 15.5 Å². The number of hydrogen-bond donors (Lipinski definition) is 2. The van der Waals surface area contributed by atoms with E-state index in [0.29, 0.717) is 23.6 Å². The number of hydrazone groups is 1. The van der Waals surface area contributed by atoms with E-state index >= 15 is 0 Å². The zero-order valence-electron chi connectivity index (χ0n) is 13.5. The molecular formula is C18H15BrFN3O3. The summed E-state index contributed by atoms with van der Waals surface area (Å²) >= 11 is 3.36. The minimum atomic E-state index is -0.958. The summed E-state index contributed by atoms with van der Waals surface area (Å²) < 4.78 is 19.0.